The second kappa shape index (κ2) is 8.15. The van der Waals surface area contributed by atoms with Gasteiger partial charge in [-0.2, -0.15) is 11.8 Å². The molecule has 8 heteroatoms. The number of aliphatic carboxylic acids is 1. The van der Waals surface area contributed by atoms with Gasteiger partial charge in [0.2, 0.25) is 0 Å². The third kappa shape index (κ3) is 4.01. The van der Waals surface area contributed by atoms with Crippen LogP contribution < -0.4 is 14.8 Å². The molecule has 1 atom stereocenters. The molecule has 0 bridgehead atoms. The molecule has 2 N–H and O–H groups in total. The minimum atomic E-state index is -1.04. The van der Waals surface area contributed by atoms with Gasteiger partial charge in [0.25, 0.3) is 5.91 Å². The van der Waals surface area contributed by atoms with Gasteiger partial charge in [0, 0.05) is 18.5 Å². The van der Waals surface area contributed by atoms with Crippen LogP contribution in [-0.2, 0) is 11.8 Å². The van der Waals surface area contributed by atoms with E-state index in [0.29, 0.717) is 29.4 Å². The fourth-order valence-corrected chi connectivity index (χ4v) is 3.08. The summed E-state index contributed by atoms with van der Waals surface area (Å²) in [5, 5.41) is 12.7. The molecule has 25 heavy (non-hydrogen) atoms. The van der Waals surface area contributed by atoms with Crippen molar-refractivity contribution in [2.24, 2.45) is 7.05 Å². The zero-order valence-electron chi connectivity index (χ0n) is 14.7. The van der Waals surface area contributed by atoms with Crippen LogP contribution >= 0.6 is 11.8 Å². The molecule has 2 rings (SSSR count). The standard InChI is InChI=1S/C17H22N2O5S/c1-19-12-9-15(24-3)14(23-2)8-10(12)7-13(19)16(20)18-11(17(21)22)5-6-25-4/h7-9,11H,5-6H2,1-4H3,(H,18,20)(H,21,22). The largest absolute Gasteiger partial charge is 0.493 e. The molecule has 0 saturated heterocycles. The summed E-state index contributed by atoms with van der Waals surface area (Å²) in [4.78, 5) is 23.9. The highest BCUT2D eigenvalue weighted by molar-refractivity contribution is 7.98. The van der Waals surface area contributed by atoms with Gasteiger partial charge in [-0.1, -0.05) is 0 Å². The number of nitrogens with one attached hydrogen (secondary N) is 1. The lowest BCUT2D eigenvalue weighted by Gasteiger charge is -2.14. The first-order valence-corrected chi connectivity index (χ1v) is 9.06. The van der Waals surface area contributed by atoms with Crippen LogP contribution in [0.15, 0.2) is 18.2 Å². The van der Waals surface area contributed by atoms with E-state index in [1.165, 1.54) is 11.8 Å². The molecule has 1 amide bonds. The Morgan fingerprint density at radius 2 is 1.88 bits per heavy atom. The first-order valence-electron chi connectivity index (χ1n) is 7.67. The van der Waals surface area contributed by atoms with Crippen LogP contribution in [0.4, 0.5) is 0 Å². The highest BCUT2D eigenvalue weighted by Crippen LogP contribution is 2.33. The Morgan fingerprint density at radius 1 is 1.24 bits per heavy atom. The quantitative estimate of drug-likeness (QED) is 0.744. The predicted octanol–water partition coefficient (Wildman–Crippen LogP) is 2.13. The van der Waals surface area contributed by atoms with Crippen LogP contribution in [0.3, 0.4) is 0 Å². The molecular weight excluding hydrogens is 344 g/mol. The van der Waals surface area contributed by atoms with Gasteiger partial charge in [-0.05, 0) is 30.6 Å². The summed E-state index contributed by atoms with van der Waals surface area (Å²) < 4.78 is 12.3. The number of ether oxygens (including phenoxy) is 2. The summed E-state index contributed by atoms with van der Waals surface area (Å²) in [6.45, 7) is 0. The maximum atomic E-state index is 12.6. The van der Waals surface area contributed by atoms with Crippen LogP contribution in [0, 0.1) is 0 Å². The Kier molecular flexibility index (Phi) is 6.19. The van der Waals surface area contributed by atoms with Crippen LogP contribution in [0.1, 0.15) is 16.9 Å². The van der Waals surface area contributed by atoms with Crippen molar-refractivity contribution in [1.29, 1.82) is 0 Å². The lowest BCUT2D eigenvalue weighted by atomic mass is 10.2. The predicted molar refractivity (Wildman–Crippen MR) is 97.9 cm³/mol. The van der Waals surface area contributed by atoms with E-state index in [0.717, 1.165) is 10.9 Å². The van der Waals surface area contributed by atoms with Crippen LogP contribution in [0.2, 0.25) is 0 Å². The number of carboxylic acids is 1. The highest BCUT2D eigenvalue weighted by Gasteiger charge is 2.23. The number of carbonyl (C=O) groups is 2. The fourth-order valence-electron chi connectivity index (χ4n) is 2.61. The fraction of sp³-hybridized carbons (Fsp3) is 0.412. The Balaban J connectivity index is 2.35. The van der Waals surface area contributed by atoms with Crippen molar-refractivity contribution in [3.63, 3.8) is 0 Å². The van der Waals surface area contributed by atoms with E-state index >= 15 is 0 Å². The number of aromatic nitrogens is 1. The van der Waals surface area contributed by atoms with E-state index < -0.39 is 17.9 Å². The highest BCUT2D eigenvalue weighted by atomic mass is 32.2. The van der Waals surface area contributed by atoms with Gasteiger partial charge in [-0.25, -0.2) is 4.79 Å². The summed E-state index contributed by atoms with van der Waals surface area (Å²) in [5.41, 5.74) is 1.17. The summed E-state index contributed by atoms with van der Waals surface area (Å²) >= 11 is 1.54. The van der Waals surface area contributed by atoms with Crippen molar-refractivity contribution in [2.75, 3.05) is 26.2 Å². The van der Waals surface area contributed by atoms with E-state index in [-0.39, 0.29) is 0 Å². The Bertz CT molecular complexity index is 787. The van der Waals surface area contributed by atoms with E-state index in [1.54, 1.807) is 44.0 Å². The summed E-state index contributed by atoms with van der Waals surface area (Å²) in [5.74, 6) is 0.318. The lowest BCUT2D eigenvalue weighted by molar-refractivity contribution is -0.139. The van der Waals surface area contributed by atoms with Crippen LogP contribution in [-0.4, -0.2) is 53.8 Å². The van der Waals surface area contributed by atoms with Gasteiger partial charge in [-0.15, -0.1) is 0 Å². The van der Waals surface area contributed by atoms with Crippen molar-refractivity contribution < 1.29 is 24.2 Å². The van der Waals surface area contributed by atoms with E-state index in [4.69, 9.17) is 9.47 Å². The van der Waals surface area contributed by atoms with Crippen molar-refractivity contribution in [2.45, 2.75) is 12.5 Å². The third-order valence-corrected chi connectivity index (χ3v) is 4.64. The summed E-state index contributed by atoms with van der Waals surface area (Å²) in [7, 11) is 4.84. The summed E-state index contributed by atoms with van der Waals surface area (Å²) in [6.07, 6.45) is 2.26. The van der Waals surface area contributed by atoms with Crippen molar-refractivity contribution >= 4 is 34.5 Å². The van der Waals surface area contributed by atoms with Crippen molar-refractivity contribution in [1.82, 2.24) is 9.88 Å². The molecule has 0 aliphatic carbocycles. The number of aryl methyl sites for hydroxylation is 1. The van der Waals surface area contributed by atoms with Crippen molar-refractivity contribution in [3.8, 4) is 11.5 Å². The SMILES string of the molecule is COc1cc2cc(C(=O)NC(CCSC)C(=O)O)n(C)c2cc1OC. The Labute approximate surface area is 150 Å². The van der Waals surface area contributed by atoms with Crippen LogP contribution in [0.25, 0.3) is 10.9 Å². The molecule has 0 aliphatic heterocycles. The molecule has 7 nitrogen and oxygen atoms in total. The molecule has 1 aromatic carbocycles. The minimum Gasteiger partial charge on any atom is -0.493 e. The average molecular weight is 366 g/mol. The minimum absolute atomic E-state index is 0.369. The number of carboxylic acid groups (broad SMARTS) is 1. The third-order valence-electron chi connectivity index (χ3n) is 3.99. The number of rotatable bonds is 8. The molecule has 1 aromatic heterocycles. The van der Waals surface area contributed by atoms with Gasteiger partial charge in [0.05, 0.1) is 19.7 Å². The molecule has 0 spiro atoms. The molecule has 0 aliphatic rings. The number of carbonyl (C=O) groups excluding carboxylic acids is 1. The second-order valence-electron chi connectivity index (χ2n) is 5.50. The molecular formula is C17H22N2O5S. The topological polar surface area (TPSA) is 89.8 Å². The Morgan fingerprint density at radius 3 is 2.44 bits per heavy atom. The van der Waals surface area contributed by atoms with Gasteiger partial charge in [0.15, 0.2) is 11.5 Å². The number of hydrogen-bond donors (Lipinski definition) is 2. The first-order chi connectivity index (χ1) is 11.9. The molecule has 136 valence electrons. The normalized spacial score (nSPS) is 12.0. The number of amides is 1. The number of benzene rings is 1. The molecule has 1 unspecified atom stereocenters. The maximum Gasteiger partial charge on any atom is 0.326 e. The lowest BCUT2D eigenvalue weighted by Crippen LogP contribution is -2.41. The molecule has 0 saturated carbocycles. The first kappa shape index (κ1) is 19.0. The molecule has 0 radical (unpaired) electrons. The maximum absolute atomic E-state index is 12.6. The number of hydrogen-bond acceptors (Lipinski definition) is 5. The number of nitrogens with zero attached hydrogens (tertiary/aromatic N) is 1. The zero-order chi connectivity index (χ0) is 18.6. The van der Waals surface area contributed by atoms with E-state index in [2.05, 4.69) is 5.32 Å². The number of thioether (sulfide) groups is 1. The van der Waals surface area contributed by atoms with Gasteiger partial charge in [-0.3, -0.25) is 4.79 Å². The van der Waals surface area contributed by atoms with Crippen molar-refractivity contribution in [3.05, 3.63) is 23.9 Å². The van der Waals surface area contributed by atoms with E-state index in [1.807, 2.05) is 6.26 Å². The molecule has 1 heterocycles. The monoisotopic (exact) mass is 366 g/mol. The van der Waals surface area contributed by atoms with E-state index in [9.17, 15) is 14.7 Å². The van der Waals surface area contributed by atoms with Gasteiger partial charge in [0.1, 0.15) is 11.7 Å². The van der Waals surface area contributed by atoms with Crippen LogP contribution in [0.5, 0.6) is 11.5 Å². The number of methoxy groups -OCH3 is 2. The molecule has 0 fully saturated rings. The smallest absolute Gasteiger partial charge is 0.326 e. The average Bonchev–Trinajstić information content (AvgIpc) is 2.92. The van der Waals surface area contributed by atoms with Gasteiger partial charge < -0.3 is 24.5 Å². The second-order valence-corrected chi connectivity index (χ2v) is 6.49. The zero-order valence-corrected chi connectivity index (χ0v) is 15.5. The number of fused-ring (bicyclic) bond motifs is 1. The molecule has 2 aromatic rings. The van der Waals surface area contributed by atoms with Gasteiger partial charge >= 0.3 is 5.97 Å². The Hall–Kier alpha value is -2.35. The summed E-state index contributed by atoms with van der Waals surface area (Å²) in [6, 6.07) is 4.36.